The first-order valence-electron chi connectivity index (χ1n) is 5.06. The van der Waals surface area contributed by atoms with Gasteiger partial charge in [0.25, 0.3) is 5.91 Å². The number of amides is 1. The second-order valence-corrected chi connectivity index (χ2v) is 4.54. The van der Waals surface area contributed by atoms with Crippen molar-refractivity contribution in [3.8, 4) is 0 Å². The molecule has 0 aliphatic rings. The second kappa shape index (κ2) is 4.71. The van der Waals surface area contributed by atoms with Gasteiger partial charge in [-0.25, -0.2) is 4.98 Å². The van der Waals surface area contributed by atoms with Crippen LogP contribution in [0, 0.1) is 13.8 Å². The Bertz CT molecular complexity index is 563. The number of carbonyl (C=O) groups is 1. The van der Waals surface area contributed by atoms with Gasteiger partial charge >= 0.3 is 0 Å². The first kappa shape index (κ1) is 11.9. The molecule has 0 saturated heterocycles. The molecular formula is C12H11BrN2O2. The van der Waals surface area contributed by atoms with Crippen molar-refractivity contribution in [1.82, 2.24) is 4.98 Å². The van der Waals surface area contributed by atoms with Gasteiger partial charge in [0.2, 0.25) is 5.76 Å². The summed E-state index contributed by atoms with van der Waals surface area (Å²) in [6.07, 6.45) is 1.41. The van der Waals surface area contributed by atoms with Crippen LogP contribution in [0.2, 0.25) is 0 Å². The van der Waals surface area contributed by atoms with Gasteiger partial charge in [0.15, 0.2) is 5.89 Å². The molecule has 88 valence electrons. The average molecular weight is 295 g/mol. The monoisotopic (exact) mass is 294 g/mol. The Kier molecular flexibility index (Phi) is 3.28. The highest BCUT2D eigenvalue weighted by Gasteiger charge is 2.12. The molecule has 0 aliphatic heterocycles. The standard InChI is InChI=1S/C12H11BrN2O2/c1-7-3-4-10(9(13)5-7)15-12(16)11-6-14-8(2)17-11/h3-6H,1-2H3,(H,15,16). The molecular weight excluding hydrogens is 284 g/mol. The molecule has 4 nitrogen and oxygen atoms in total. The van der Waals surface area contributed by atoms with E-state index in [0.717, 1.165) is 10.0 Å². The molecule has 1 aromatic heterocycles. The Hall–Kier alpha value is -1.62. The van der Waals surface area contributed by atoms with Gasteiger partial charge in [0.05, 0.1) is 11.9 Å². The summed E-state index contributed by atoms with van der Waals surface area (Å²) in [7, 11) is 0. The van der Waals surface area contributed by atoms with E-state index in [1.54, 1.807) is 6.92 Å². The number of halogens is 1. The van der Waals surface area contributed by atoms with Crippen LogP contribution >= 0.6 is 15.9 Å². The average Bonchev–Trinajstić information content (AvgIpc) is 2.69. The fraction of sp³-hybridized carbons (Fsp3) is 0.167. The van der Waals surface area contributed by atoms with Gasteiger partial charge in [0.1, 0.15) is 0 Å². The highest BCUT2D eigenvalue weighted by molar-refractivity contribution is 9.10. The molecule has 0 radical (unpaired) electrons. The van der Waals surface area contributed by atoms with Gasteiger partial charge in [-0.15, -0.1) is 0 Å². The van der Waals surface area contributed by atoms with Crippen LogP contribution in [0.1, 0.15) is 22.0 Å². The van der Waals surface area contributed by atoms with Gasteiger partial charge < -0.3 is 9.73 Å². The molecule has 0 bridgehead atoms. The predicted molar refractivity (Wildman–Crippen MR) is 68.1 cm³/mol. The molecule has 1 aromatic carbocycles. The van der Waals surface area contributed by atoms with E-state index >= 15 is 0 Å². The fourth-order valence-electron chi connectivity index (χ4n) is 1.37. The lowest BCUT2D eigenvalue weighted by Gasteiger charge is -2.06. The van der Waals surface area contributed by atoms with Crippen molar-refractivity contribution in [2.45, 2.75) is 13.8 Å². The molecule has 0 spiro atoms. The van der Waals surface area contributed by atoms with Crippen LogP contribution in [0.15, 0.2) is 33.3 Å². The van der Waals surface area contributed by atoms with Crippen LogP contribution in [-0.4, -0.2) is 10.9 Å². The first-order valence-corrected chi connectivity index (χ1v) is 5.85. The maximum Gasteiger partial charge on any atom is 0.293 e. The molecule has 0 unspecified atom stereocenters. The fourth-order valence-corrected chi connectivity index (χ4v) is 1.96. The number of benzene rings is 1. The number of oxazole rings is 1. The quantitative estimate of drug-likeness (QED) is 0.924. The highest BCUT2D eigenvalue weighted by atomic mass is 79.9. The first-order chi connectivity index (χ1) is 8.06. The molecule has 17 heavy (non-hydrogen) atoms. The van der Waals surface area contributed by atoms with Crippen molar-refractivity contribution in [1.29, 1.82) is 0 Å². The lowest BCUT2D eigenvalue weighted by molar-refractivity contribution is 0.0995. The van der Waals surface area contributed by atoms with Gasteiger partial charge in [0, 0.05) is 11.4 Å². The van der Waals surface area contributed by atoms with E-state index in [4.69, 9.17) is 4.42 Å². The van der Waals surface area contributed by atoms with E-state index in [-0.39, 0.29) is 11.7 Å². The number of nitrogens with zero attached hydrogens (tertiary/aromatic N) is 1. The topological polar surface area (TPSA) is 55.1 Å². The molecule has 2 aromatic rings. The van der Waals surface area contributed by atoms with Gasteiger partial charge in [-0.3, -0.25) is 4.79 Å². The zero-order valence-corrected chi connectivity index (χ0v) is 11.0. The molecule has 0 fully saturated rings. The summed E-state index contributed by atoms with van der Waals surface area (Å²) in [4.78, 5) is 15.7. The van der Waals surface area contributed by atoms with Crippen LogP contribution in [0.3, 0.4) is 0 Å². The van der Waals surface area contributed by atoms with Crippen molar-refractivity contribution in [3.63, 3.8) is 0 Å². The molecule has 0 aliphatic carbocycles. The van der Waals surface area contributed by atoms with Crippen molar-refractivity contribution >= 4 is 27.5 Å². The summed E-state index contributed by atoms with van der Waals surface area (Å²) in [5.74, 6) is 0.364. The van der Waals surface area contributed by atoms with Gasteiger partial charge in [-0.2, -0.15) is 0 Å². The molecule has 0 atom stereocenters. The van der Waals surface area contributed by atoms with Crippen LogP contribution < -0.4 is 5.32 Å². The number of aromatic nitrogens is 1. The normalized spacial score (nSPS) is 10.3. The maximum atomic E-state index is 11.8. The number of hydrogen-bond acceptors (Lipinski definition) is 3. The summed E-state index contributed by atoms with van der Waals surface area (Å²) < 4.78 is 5.98. The van der Waals surface area contributed by atoms with E-state index in [2.05, 4.69) is 26.2 Å². The summed E-state index contributed by atoms with van der Waals surface area (Å²) in [6.45, 7) is 3.68. The lowest BCUT2D eigenvalue weighted by Crippen LogP contribution is -2.11. The second-order valence-electron chi connectivity index (χ2n) is 3.68. The highest BCUT2D eigenvalue weighted by Crippen LogP contribution is 2.23. The number of rotatable bonds is 2. The third-order valence-corrected chi connectivity index (χ3v) is 2.87. The molecule has 1 N–H and O–H groups in total. The van der Waals surface area contributed by atoms with E-state index in [0.29, 0.717) is 11.6 Å². The Morgan fingerprint density at radius 3 is 2.76 bits per heavy atom. The zero-order chi connectivity index (χ0) is 12.4. The minimum absolute atomic E-state index is 0.204. The molecule has 5 heteroatoms. The number of carbonyl (C=O) groups excluding carboxylic acids is 1. The summed E-state index contributed by atoms with van der Waals surface area (Å²) in [5.41, 5.74) is 1.82. The minimum atomic E-state index is -0.310. The summed E-state index contributed by atoms with van der Waals surface area (Å²) in [6, 6.07) is 5.69. The van der Waals surface area contributed by atoms with E-state index in [1.807, 2.05) is 25.1 Å². The smallest absolute Gasteiger partial charge is 0.293 e. The zero-order valence-electron chi connectivity index (χ0n) is 9.45. The molecule has 0 saturated carbocycles. The number of aryl methyl sites for hydroxylation is 2. The minimum Gasteiger partial charge on any atom is -0.436 e. The Balaban J connectivity index is 2.18. The van der Waals surface area contributed by atoms with Gasteiger partial charge in [-0.1, -0.05) is 6.07 Å². The Morgan fingerprint density at radius 1 is 1.41 bits per heavy atom. The summed E-state index contributed by atoms with van der Waals surface area (Å²) in [5, 5.41) is 2.75. The SMILES string of the molecule is Cc1ccc(NC(=O)c2cnc(C)o2)c(Br)c1. The van der Waals surface area contributed by atoms with Crippen molar-refractivity contribution in [2.75, 3.05) is 5.32 Å². The lowest BCUT2D eigenvalue weighted by atomic mass is 10.2. The van der Waals surface area contributed by atoms with Crippen molar-refractivity contribution in [3.05, 3.63) is 46.1 Å². The van der Waals surface area contributed by atoms with E-state index in [9.17, 15) is 4.79 Å². The molecule has 1 amide bonds. The van der Waals surface area contributed by atoms with Crippen LogP contribution in [0.5, 0.6) is 0 Å². The third kappa shape index (κ3) is 2.74. The number of hydrogen-bond donors (Lipinski definition) is 1. The van der Waals surface area contributed by atoms with Crippen LogP contribution in [0.25, 0.3) is 0 Å². The largest absolute Gasteiger partial charge is 0.436 e. The van der Waals surface area contributed by atoms with Crippen molar-refractivity contribution < 1.29 is 9.21 Å². The Labute approximate surface area is 107 Å². The van der Waals surface area contributed by atoms with E-state index in [1.165, 1.54) is 6.20 Å². The molecule has 1 heterocycles. The Morgan fingerprint density at radius 2 is 2.18 bits per heavy atom. The van der Waals surface area contributed by atoms with Gasteiger partial charge in [-0.05, 0) is 40.5 Å². The third-order valence-electron chi connectivity index (χ3n) is 2.22. The van der Waals surface area contributed by atoms with Crippen LogP contribution in [0.4, 0.5) is 5.69 Å². The number of anilines is 1. The van der Waals surface area contributed by atoms with Crippen LogP contribution in [-0.2, 0) is 0 Å². The summed E-state index contributed by atoms with van der Waals surface area (Å²) >= 11 is 3.39. The predicted octanol–water partition coefficient (Wildman–Crippen LogP) is 3.31. The molecule has 2 rings (SSSR count). The maximum absolute atomic E-state index is 11.8. The van der Waals surface area contributed by atoms with E-state index < -0.39 is 0 Å². The van der Waals surface area contributed by atoms with Crippen molar-refractivity contribution in [2.24, 2.45) is 0 Å². The number of nitrogens with one attached hydrogen (secondary N) is 1.